The van der Waals surface area contributed by atoms with Gasteiger partial charge in [0.05, 0.1) is 11.4 Å². The van der Waals surface area contributed by atoms with Crippen LogP contribution in [0.15, 0.2) is 34.5 Å². The Morgan fingerprint density at radius 1 is 0.533 bits per heavy atom. The minimum absolute atomic E-state index is 0.926. The average molecular weight is 431 g/mol. The van der Waals surface area contributed by atoms with E-state index in [1.165, 1.54) is 0 Å². The molecule has 0 atom stereocenters. The van der Waals surface area contributed by atoms with Crippen LogP contribution in [0.5, 0.6) is 0 Å². The van der Waals surface area contributed by atoms with Gasteiger partial charge < -0.3 is 0 Å². The molecule has 0 saturated heterocycles. The maximum Gasteiger partial charge on any atom is 0.129 e. The number of azo groups is 1. The lowest BCUT2D eigenvalue weighted by Crippen LogP contribution is -2.16. The predicted octanol–water partition coefficient (Wildman–Crippen LogP) is 7.79. The molecular formula is C26H34N2Si2. The Hall–Kier alpha value is -2.41. The molecule has 0 spiro atoms. The molecule has 2 nitrogen and oxygen atoms in total. The molecule has 156 valence electrons. The van der Waals surface area contributed by atoms with E-state index in [1.807, 2.05) is 0 Å². The highest BCUT2D eigenvalue weighted by Crippen LogP contribution is 2.30. The second-order valence-electron chi connectivity index (χ2n) is 10.1. The first-order chi connectivity index (χ1) is 13.7. The molecule has 0 aliphatic heterocycles. The van der Waals surface area contributed by atoms with Crippen LogP contribution in [-0.4, -0.2) is 16.1 Å². The molecule has 4 heteroatoms. The quantitative estimate of drug-likeness (QED) is 0.264. The molecule has 30 heavy (non-hydrogen) atoms. The highest BCUT2D eigenvalue weighted by atomic mass is 28.3. The highest BCUT2D eigenvalue weighted by Gasteiger charge is 2.10. The molecule has 0 fully saturated rings. The zero-order valence-corrected chi connectivity index (χ0v) is 22.2. The first-order valence-electron chi connectivity index (χ1n) is 10.5. The van der Waals surface area contributed by atoms with Gasteiger partial charge in [0.15, 0.2) is 0 Å². The van der Waals surface area contributed by atoms with E-state index >= 15 is 0 Å². The van der Waals surface area contributed by atoms with E-state index in [9.17, 15) is 0 Å². The smallest absolute Gasteiger partial charge is 0.129 e. The van der Waals surface area contributed by atoms with Crippen LogP contribution < -0.4 is 0 Å². The van der Waals surface area contributed by atoms with Crippen molar-refractivity contribution in [2.45, 2.75) is 67.0 Å². The second kappa shape index (κ2) is 9.17. The predicted molar refractivity (Wildman–Crippen MR) is 136 cm³/mol. The van der Waals surface area contributed by atoms with Crippen LogP contribution in [0.1, 0.15) is 33.4 Å². The van der Waals surface area contributed by atoms with Gasteiger partial charge in [0, 0.05) is 11.1 Å². The normalized spacial score (nSPS) is 11.7. The third-order valence-electron chi connectivity index (χ3n) is 4.40. The zero-order valence-electron chi connectivity index (χ0n) is 20.2. The summed E-state index contributed by atoms with van der Waals surface area (Å²) in [5, 5.41) is 9.24. The van der Waals surface area contributed by atoms with Gasteiger partial charge in [0.25, 0.3) is 0 Å². The largest absolute Gasteiger partial charge is 0.150 e. The van der Waals surface area contributed by atoms with Crippen LogP contribution in [0.25, 0.3) is 0 Å². The molecule has 2 rings (SSSR count). The molecule has 0 unspecified atom stereocenters. The third kappa shape index (κ3) is 7.13. The van der Waals surface area contributed by atoms with Crippen LogP contribution in [0.4, 0.5) is 11.4 Å². The van der Waals surface area contributed by atoms with Crippen molar-refractivity contribution < 1.29 is 0 Å². The van der Waals surface area contributed by atoms with E-state index < -0.39 is 16.1 Å². The van der Waals surface area contributed by atoms with Crippen LogP contribution in [0.3, 0.4) is 0 Å². The second-order valence-corrected chi connectivity index (χ2v) is 19.6. The molecule has 2 aromatic rings. The molecule has 0 radical (unpaired) electrons. The SMILES string of the molecule is Cc1cc(C#C[Si](C)(C)C)cc(C)c1N=Nc1c(C)cc(C#C[Si](C)(C)C)cc1C. The van der Waals surface area contributed by atoms with Gasteiger partial charge in [-0.3, -0.25) is 0 Å². The monoisotopic (exact) mass is 430 g/mol. The van der Waals surface area contributed by atoms with E-state index in [-0.39, 0.29) is 0 Å². The molecule has 0 aromatic heterocycles. The van der Waals surface area contributed by atoms with Gasteiger partial charge in [-0.25, -0.2) is 0 Å². The van der Waals surface area contributed by atoms with Crippen molar-refractivity contribution in [3.05, 3.63) is 57.6 Å². The topological polar surface area (TPSA) is 24.7 Å². The van der Waals surface area contributed by atoms with E-state index in [2.05, 4.69) is 124 Å². The summed E-state index contributed by atoms with van der Waals surface area (Å²) in [6, 6.07) is 8.46. The number of benzene rings is 2. The molecule has 0 bridgehead atoms. The summed E-state index contributed by atoms with van der Waals surface area (Å²) in [5.41, 5.74) is 15.3. The first-order valence-corrected chi connectivity index (χ1v) is 17.5. The van der Waals surface area contributed by atoms with E-state index in [4.69, 9.17) is 0 Å². The van der Waals surface area contributed by atoms with Crippen LogP contribution >= 0.6 is 0 Å². The fraction of sp³-hybridized carbons (Fsp3) is 0.385. The lowest BCUT2D eigenvalue weighted by molar-refractivity contribution is 1.15. The molecule has 0 heterocycles. The Balaban J connectivity index is 2.37. The van der Waals surface area contributed by atoms with Crippen LogP contribution in [-0.2, 0) is 0 Å². The number of nitrogens with zero attached hydrogens (tertiary/aromatic N) is 2. The fourth-order valence-corrected chi connectivity index (χ4v) is 4.03. The average Bonchev–Trinajstić information content (AvgIpc) is 2.58. The Morgan fingerprint density at radius 3 is 1.03 bits per heavy atom. The maximum atomic E-state index is 4.62. The van der Waals surface area contributed by atoms with E-state index in [0.717, 1.165) is 44.8 Å². The highest BCUT2D eigenvalue weighted by molar-refractivity contribution is 6.84. The summed E-state index contributed by atoms with van der Waals surface area (Å²) in [5.74, 6) is 6.69. The van der Waals surface area contributed by atoms with Gasteiger partial charge in [-0.2, -0.15) is 0 Å². The molecule has 0 aliphatic carbocycles. The van der Waals surface area contributed by atoms with E-state index in [0.29, 0.717) is 0 Å². The number of aryl methyl sites for hydroxylation is 4. The van der Waals surface area contributed by atoms with Gasteiger partial charge in [0.2, 0.25) is 0 Å². The lowest BCUT2D eigenvalue weighted by Gasteiger charge is -2.09. The summed E-state index contributed by atoms with van der Waals surface area (Å²) in [7, 11) is -2.78. The van der Waals surface area contributed by atoms with Crippen molar-refractivity contribution in [3.63, 3.8) is 0 Å². The van der Waals surface area contributed by atoms with Gasteiger partial charge in [-0.05, 0) is 74.2 Å². The Morgan fingerprint density at radius 2 is 0.800 bits per heavy atom. The first kappa shape index (κ1) is 23.9. The van der Waals surface area contributed by atoms with E-state index in [1.54, 1.807) is 0 Å². The maximum absolute atomic E-state index is 4.62. The zero-order chi connectivity index (χ0) is 22.7. The molecular weight excluding hydrogens is 396 g/mol. The number of hydrogen-bond donors (Lipinski definition) is 0. The van der Waals surface area contributed by atoms with Crippen molar-refractivity contribution in [2.24, 2.45) is 10.2 Å². The van der Waals surface area contributed by atoms with Crippen molar-refractivity contribution in [1.82, 2.24) is 0 Å². The minimum Gasteiger partial charge on any atom is -0.150 e. The van der Waals surface area contributed by atoms with Gasteiger partial charge in [0.1, 0.15) is 16.1 Å². The van der Waals surface area contributed by atoms with Crippen molar-refractivity contribution in [2.75, 3.05) is 0 Å². The Bertz CT molecular complexity index is 971. The van der Waals surface area contributed by atoms with Crippen molar-refractivity contribution >= 4 is 27.5 Å². The molecule has 0 amide bonds. The summed E-state index contributed by atoms with van der Waals surface area (Å²) in [6.07, 6.45) is 0. The fourth-order valence-electron chi connectivity index (χ4n) is 2.99. The van der Waals surface area contributed by atoms with Crippen LogP contribution in [0, 0.1) is 50.6 Å². The van der Waals surface area contributed by atoms with Crippen molar-refractivity contribution in [1.29, 1.82) is 0 Å². The Kier molecular flexibility index (Phi) is 7.29. The molecule has 2 aromatic carbocycles. The third-order valence-corrected chi connectivity index (χ3v) is 6.15. The summed E-state index contributed by atoms with van der Waals surface area (Å²) < 4.78 is 0. The molecule has 0 N–H and O–H groups in total. The molecule has 0 aliphatic rings. The Labute approximate surface area is 185 Å². The van der Waals surface area contributed by atoms with Crippen LogP contribution in [0.2, 0.25) is 39.3 Å². The summed E-state index contributed by atoms with van der Waals surface area (Å²) >= 11 is 0. The number of hydrogen-bond acceptors (Lipinski definition) is 2. The lowest BCUT2D eigenvalue weighted by atomic mass is 10.0. The van der Waals surface area contributed by atoms with Gasteiger partial charge in [-0.1, -0.05) is 51.1 Å². The standard InChI is InChI=1S/C26H34N2Si2/c1-19-15-23(11-13-29(5,6)7)16-20(2)25(19)27-28-26-21(3)17-24(18-22(26)4)12-14-30(8,9)10/h15-18H,1-10H3. The summed E-state index contributed by atoms with van der Waals surface area (Å²) in [4.78, 5) is 0. The van der Waals surface area contributed by atoms with Gasteiger partial charge >= 0.3 is 0 Å². The summed E-state index contributed by atoms with van der Waals surface area (Å²) in [6.45, 7) is 21.9. The van der Waals surface area contributed by atoms with Crippen molar-refractivity contribution in [3.8, 4) is 22.9 Å². The number of rotatable bonds is 2. The molecule has 0 saturated carbocycles. The van der Waals surface area contributed by atoms with Gasteiger partial charge in [-0.15, -0.1) is 21.3 Å². The minimum atomic E-state index is -1.39.